The van der Waals surface area contributed by atoms with Crippen LogP contribution < -0.4 is 4.74 Å². The molecular weight excluding hydrogens is 430 g/mol. The summed E-state index contributed by atoms with van der Waals surface area (Å²) in [4.78, 5) is 0. The van der Waals surface area contributed by atoms with Gasteiger partial charge in [0.15, 0.2) is 11.6 Å². The maximum Gasteiger partial charge on any atom is 0.573 e. The highest BCUT2D eigenvalue weighted by Gasteiger charge is 2.32. The van der Waals surface area contributed by atoms with Crippen molar-refractivity contribution < 1.29 is 31.1 Å². The molecule has 0 bridgehead atoms. The van der Waals surface area contributed by atoms with E-state index in [2.05, 4.69) is 4.74 Å². The minimum atomic E-state index is -5.03. The average molecular weight is 448 g/mol. The van der Waals surface area contributed by atoms with Crippen molar-refractivity contribution in [2.24, 2.45) is 0 Å². The molecule has 0 amide bonds. The number of allylic oxidation sites excluding steroid dienone is 1. The molecule has 3 aromatic carbocycles. The van der Waals surface area contributed by atoms with Crippen molar-refractivity contribution in [3.05, 3.63) is 88.2 Å². The average Bonchev–Trinajstić information content (AvgIpc) is 2.74. The quantitative estimate of drug-likeness (QED) is 0.371. The second kappa shape index (κ2) is 8.37. The normalized spacial score (nSPS) is 13.5. The first kappa shape index (κ1) is 22.0. The first-order valence-corrected chi connectivity index (χ1v) is 10.0. The molecule has 0 aromatic heterocycles. The van der Waals surface area contributed by atoms with Gasteiger partial charge in [-0.1, -0.05) is 43.3 Å². The summed E-state index contributed by atoms with van der Waals surface area (Å²) in [6, 6.07) is 11.0. The van der Waals surface area contributed by atoms with E-state index in [0.717, 1.165) is 29.7 Å². The highest BCUT2D eigenvalue weighted by atomic mass is 19.4. The Hall–Kier alpha value is -3.22. The molecule has 0 N–H and O–H groups in total. The van der Waals surface area contributed by atoms with Gasteiger partial charge in [-0.2, -0.15) is 0 Å². The van der Waals surface area contributed by atoms with Gasteiger partial charge in [0.1, 0.15) is 11.6 Å². The number of rotatable bonds is 4. The lowest BCUT2D eigenvalue weighted by Crippen LogP contribution is -2.17. The van der Waals surface area contributed by atoms with E-state index in [1.54, 1.807) is 18.2 Å². The predicted octanol–water partition coefficient (Wildman–Crippen LogP) is 7.72. The number of hydrogen-bond donors (Lipinski definition) is 0. The van der Waals surface area contributed by atoms with Crippen molar-refractivity contribution in [3.8, 4) is 16.9 Å². The molecule has 1 aliphatic rings. The Morgan fingerprint density at radius 3 is 2.25 bits per heavy atom. The van der Waals surface area contributed by atoms with Gasteiger partial charge in [0.25, 0.3) is 0 Å². The van der Waals surface area contributed by atoms with Crippen molar-refractivity contribution >= 4 is 11.6 Å². The predicted molar refractivity (Wildman–Crippen MR) is 110 cm³/mol. The molecule has 0 fully saturated rings. The molecule has 0 atom stereocenters. The first-order chi connectivity index (χ1) is 15.2. The molecule has 0 aliphatic heterocycles. The van der Waals surface area contributed by atoms with Crippen LogP contribution in [0.4, 0.5) is 26.3 Å². The van der Waals surface area contributed by atoms with Gasteiger partial charge in [-0.3, -0.25) is 0 Å². The van der Waals surface area contributed by atoms with Gasteiger partial charge in [-0.05, 0) is 65.3 Å². The summed E-state index contributed by atoms with van der Waals surface area (Å²) in [5.74, 6) is -3.13. The summed E-state index contributed by atoms with van der Waals surface area (Å²) in [6.07, 6.45) is -1.84. The van der Waals surface area contributed by atoms with Crippen molar-refractivity contribution in [3.63, 3.8) is 0 Å². The first-order valence-electron chi connectivity index (χ1n) is 10.0. The molecular formula is C25H18F6O. The second-order valence-electron chi connectivity index (χ2n) is 7.53. The molecule has 0 heterocycles. The van der Waals surface area contributed by atoms with Crippen LogP contribution in [0.1, 0.15) is 35.6 Å². The summed E-state index contributed by atoms with van der Waals surface area (Å²) < 4.78 is 84.4. The Kier molecular flexibility index (Phi) is 5.75. The van der Waals surface area contributed by atoms with Gasteiger partial charge in [0.2, 0.25) is 0 Å². The Morgan fingerprint density at radius 2 is 1.59 bits per heavy atom. The molecule has 0 spiro atoms. The topological polar surface area (TPSA) is 9.23 Å². The second-order valence-corrected chi connectivity index (χ2v) is 7.53. The van der Waals surface area contributed by atoms with Crippen LogP contribution in [-0.2, 0) is 12.8 Å². The third kappa shape index (κ3) is 4.38. The summed E-state index contributed by atoms with van der Waals surface area (Å²) in [5, 5.41) is 0. The number of fused-ring (bicyclic) bond motifs is 1. The fourth-order valence-corrected chi connectivity index (χ4v) is 3.90. The van der Waals surface area contributed by atoms with Crippen molar-refractivity contribution in [1.29, 1.82) is 0 Å². The van der Waals surface area contributed by atoms with Gasteiger partial charge in [-0.15, -0.1) is 13.2 Å². The van der Waals surface area contributed by atoms with Gasteiger partial charge < -0.3 is 4.74 Å². The van der Waals surface area contributed by atoms with E-state index < -0.39 is 23.7 Å². The van der Waals surface area contributed by atoms with Crippen LogP contribution in [0, 0.1) is 17.5 Å². The molecule has 4 rings (SSSR count). The van der Waals surface area contributed by atoms with Crippen LogP contribution in [0.2, 0.25) is 0 Å². The molecule has 7 heteroatoms. The molecule has 32 heavy (non-hydrogen) atoms. The molecule has 0 unspecified atom stereocenters. The minimum Gasteiger partial charge on any atom is -0.403 e. The van der Waals surface area contributed by atoms with Crippen LogP contribution in [-0.4, -0.2) is 6.36 Å². The Balaban J connectivity index is 1.67. The molecule has 1 nitrogen and oxygen atoms in total. The molecule has 166 valence electrons. The smallest absolute Gasteiger partial charge is 0.403 e. The Morgan fingerprint density at radius 1 is 0.844 bits per heavy atom. The molecule has 0 saturated carbocycles. The van der Waals surface area contributed by atoms with Crippen molar-refractivity contribution in [2.45, 2.75) is 32.5 Å². The summed E-state index contributed by atoms with van der Waals surface area (Å²) in [5.41, 5.74) is 3.25. The Bertz CT molecular complexity index is 1210. The van der Waals surface area contributed by atoms with Gasteiger partial charge in [-0.25, -0.2) is 13.2 Å². The SMILES string of the molecule is CCc1ccc(C2=Cc3ccc(-c4ccc(OC(F)(F)F)c(F)c4)c(F)c3CC2)c(F)c1. The van der Waals surface area contributed by atoms with E-state index in [1.807, 2.05) is 13.0 Å². The lowest BCUT2D eigenvalue weighted by atomic mass is 9.86. The lowest BCUT2D eigenvalue weighted by Gasteiger charge is -2.20. The van der Waals surface area contributed by atoms with E-state index in [1.165, 1.54) is 18.2 Å². The zero-order valence-electron chi connectivity index (χ0n) is 17.0. The fourth-order valence-electron chi connectivity index (χ4n) is 3.90. The lowest BCUT2D eigenvalue weighted by molar-refractivity contribution is -0.275. The van der Waals surface area contributed by atoms with E-state index in [4.69, 9.17) is 0 Å². The molecule has 0 saturated heterocycles. The van der Waals surface area contributed by atoms with Gasteiger partial charge >= 0.3 is 6.36 Å². The summed E-state index contributed by atoms with van der Waals surface area (Å²) >= 11 is 0. The maximum absolute atomic E-state index is 15.2. The number of hydrogen-bond acceptors (Lipinski definition) is 1. The largest absolute Gasteiger partial charge is 0.573 e. The summed E-state index contributed by atoms with van der Waals surface area (Å²) in [6.45, 7) is 1.94. The zero-order chi connectivity index (χ0) is 23.0. The number of alkyl halides is 3. The number of benzene rings is 3. The van der Waals surface area contributed by atoms with Crippen LogP contribution in [0.5, 0.6) is 5.75 Å². The number of aryl methyl sites for hydroxylation is 1. The van der Waals surface area contributed by atoms with E-state index in [9.17, 15) is 22.0 Å². The van der Waals surface area contributed by atoms with Crippen LogP contribution in [0.25, 0.3) is 22.8 Å². The molecule has 1 aliphatic carbocycles. The maximum atomic E-state index is 15.2. The summed E-state index contributed by atoms with van der Waals surface area (Å²) in [7, 11) is 0. The van der Waals surface area contributed by atoms with Crippen LogP contribution in [0.15, 0.2) is 48.5 Å². The minimum absolute atomic E-state index is 0.0662. The van der Waals surface area contributed by atoms with Gasteiger partial charge in [0.05, 0.1) is 0 Å². The van der Waals surface area contributed by atoms with Crippen LogP contribution in [0.3, 0.4) is 0 Å². The Labute approximate surface area is 181 Å². The molecule has 0 radical (unpaired) electrons. The monoisotopic (exact) mass is 448 g/mol. The van der Waals surface area contributed by atoms with E-state index in [-0.39, 0.29) is 16.9 Å². The third-order valence-corrected chi connectivity index (χ3v) is 5.51. The van der Waals surface area contributed by atoms with Crippen molar-refractivity contribution in [1.82, 2.24) is 0 Å². The van der Waals surface area contributed by atoms with E-state index in [0.29, 0.717) is 29.5 Å². The van der Waals surface area contributed by atoms with Crippen LogP contribution >= 0.6 is 0 Å². The number of halogens is 6. The highest BCUT2D eigenvalue weighted by Crippen LogP contribution is 2.37. The van der Waals surface area contributed by atoms with Crippen molar-refractivity contribution in [2.75, 3.05) is 0 Å². The zero-order valence-corrected chi connectivity index (χ0v) is 17.0. The number of ether oxygens (including phenoxy) is 1. The third-order valence-electron chi connectivity index (χ3n) is 5.51. The molecule has 3 aromatic rings. The van der Waals surface area contributed by atoms with E-state index >= 15 is 4.39 Å². The standard InChI is InChI=1S/C25H18F6O/c1-2-14-3-7-18(21(26)11-14)15-4-8-19-16(12-15)5-9-20(24(19)28)17-6-10-23(22(27)13-17)32-25(29,30)31/h3,5-7,9-13H,2,4,8H2,1H3. The van der Waals surface area contributed by atoms with Gasteiger partial charge in [0, 0.05) is 11.1 Å². The fraction of sp³-hybridized carbons (Fsp3) is 0.200. The highest BCUT2D eigenvalue weighted by molar-refractivity contribution is 5.85.